The third-order valence-electron chi connectivity index (χ3n) is 2.71. The van der Waals surface area contributed by atoms with Crippen LogP contribution in [-0.4, -0.2) is 23.6 Å². The predicted molar refractivity (Wildman–Crippen MR) is 70.5 cm³/mol. The molecule has 0 radical (unpaired) electrons. The van der Waals surface area contributed by atoms with Crippen molar-refractivity contribution in [3.63, 3.8) is 0 Å². The Hall–Kier alpha value is -2.01. The molecule has 0 aliphatic carbocycles. The summed E-state index contributed by atoms with van der Waals surface area (Å²) in [5.41, 5.74) is 6.82. The van der Waals surface area contributed by atoms with Crippen molar-refractivity contribution in [3.05, 3.63) is 53.2 Å². The van der Waals surface area contributed by atoms with Crippen LogP contribution in [0.5, 0.6) is 5.88 Å². The summed E-state index contributed by atoms with van der Waals surface area (Å²) in [5, 5.41) is 0. The van der Waals surface area contributed by atoms with Gasteiger partial charge in [-0.15, -0.1) is 0 Å². The highest BCUT2D eigenvalue weighted by atomic mass is 19.1. The van der Waals surface area contributed by atoms with E-state index in [0.29, 0.717) is 36.7 Å². The minimum atomic E-state index is -0.236. The van der Waals surface area contributed by atoms with Crippen molar-refractivity contribution in [2.75, 3.05) is 13.7 Å². The highest BCUT2D eigenvalue weighted by Gasteiger charge is 2.08. The second-order valence-corrected chi connectivity index (χ2v) is 4.12. The zero-order chi connectivity index (χ0) is 13.7. The molecule has 2 aromatic rings. The number of methoxy groups -OCH3 is 1. The summed E-state index contributed by atoms with van der Waals surface area (Å²) < 4.78 is 18.7. The zero-order valence-electron chi connectivity index (χ0n) is 10.8. The third kappa shape index (κ3) is 3.48. The molecule has 19 heavy (non-hydrogen) atoms. The first-order valence-electron chi connectivity index (χ1n) is 6.07. The van der Waals surface area contributed by atoms with E-state index in [9.17, 15) is 4.39 Å². The number of ether oxygens (including phenoxy) is 1. The quantitative estimate of drug-likeness (QED) is 0.890. The average Bonchev–Trinajstić information content (AvgIpc) is 2.41. The molecule has 0 fully saturated rings. The van der Waals surface area contributed by atoms with Gasteiger partial charge in [-0.2, -0.15) is 4.98 Å². The summed E-state index contributed by atoms with van der Waals surface area (Å²) in [6.07, 6.45) is 0.977. The normalized spacial score (nSPS) is 10.5. The van der Waals surface area contributed by atoms with Crippen molar-refractivity contribution < 1.29 is 9.13 Å². The largest absolute Gasteiger partial charge is 0.481 e. The molecule has 0 saturated carbocycles. The van der Waals surface area contributed by atoms with Crippen LogP contribution in [0.4, 0.5) is 4.39 Å². The van der Waals surface area contributed by atoms with Crippen LogP contribution in [0.3, 0.4) is 0 Å². The van der Waals surface area contributed by atoms with Crippen molar-refractivity contribution in [2.45, 2.75) is 12.8 Å². The first-order chi connectivity index (χ1) is 9.22. The van der Waals surface area contributed by atoms with Gasteiger partial charge in [0.15, 0.2) is 0 Å². The standard InChI is InChI=1S/C14H16FN3O/c1-19-14-9-11(17-13(18-14)6-7-16)8-10-4-2-3-5-12(10)15/h2-5,9H,6-8,16H2,1H3. The lowest BCUT2D eigenvalue weighted by atomic mass is 10.1. The molecule has 0 unspecified atom stereocenters. The van der Waals surface area contributed by atoms with Gasteiger partial charge in [-0.1, -0.05) is 18.2 Å². The Morgan fingerprint density at radius 3 is 2.74 bits per heavy atom. The first kappa shape index (κ1) is 13.4. The number of aromatic nitrogens is 2. The summed E-state index contributed by atoms with van der Waals surface area (Å²) >= 11 is 0. The molecule has 1 aromatic carbocycles. The van der Waals surface area contributed by atoms with E-state index in [2.05, 4.69) is 9.97 Å². The molecular formula is C14H16FN3O. The molecule has 2 N–H and O–H groups in total. The molecule has 100 valence electrons. The van der Waals surface area contributed by atoms with Gasteiger partial charge in [0.05, 0.1) is 12.8 Å². The van der Waals surface area contributed by atoms with Gasteiger partial charge in [0.2, 0.25) is 5.88 Å². The average molecular weight is 261 g/mol. The Kier molecular flexibility index (Phi) is 4.41. The molecule has 0 spiro atoms. The summed E-state index contributed by atoms with van der Waals surface area (Å²) in [5.74, 6) is 0.860. The van der Waals surface area contributed by atoms with E-state index in [1.807, 2.05) is 0 Å². The minimum absolute atomic E-state index is 0.236. The maximum atomic E-state index is 13.6. The summed E-state index contributed by atoms with van der Waals surface area (Å²) in [4.78, 5) is 8.57. The second kappa shape index (κ2) is 6.24. The molecule has 2 rings (SSSR count). The van der Waals surface area contributed by atoms with Gasteiger partial charge in [0.1, 0.15) is 11.6 Å². The van der Waals surface area contributed by atoms with Crippen molar-refractivity contribution >= 4 is 0 Å². The fraction of sp³-hybridized carbons (Fsp3) is 0.286. The number of rotatable bonds is 5. The second-order valence-electron chi connectivity index (χ2n) is 4.12. The maximum absolute atomic E-state index is 13.6. The molecule has 1 heterocycles. The van der Waals surface area contributed by atoms with Crippen molar-refractivity contribution in [3.8, 4) is 5.88 Å². The van der Waals surface area contributed by atoms with E-state index in [0.717, 1.165) is 5.69 Å². The number of nitrogens with zero attached hydrogens (tertiary/aromatic N) is 2. The van der Waals surface area contributed by atoms with Gasteiger partial charge in [-0.3, -0.25) is 0 Å². The fourth-order valence-corrected chi connectivity index (χ4v) is 1.80. The molecule has 0 bridgehead atoms. The molecular weight excluding hydrogens is 245 g/mol. The molecule has 4 nitrogen and oxygen atoms in total. The smallest absolute Gasteiger partial charge is 0.216 e. The van der Waals surface area contributed by atoms with Crippen LogP contribution in [0.2, 0.25) is 0 Å². The fourth-order valence-electron chi connectivity index (χ4n) is 1.80. The van der Waals surface area contributed by atoms with E-state index < -0.39 is 0 Å². The van der Waals surface area contributed by atoms with Crippen LogP contribution in [0, 0.1) is 5.82 Å². The number of benzene rings is 1. The highest BCUT2D eigenvalue weighted by Crippen LogP contribution is 2.15. The lowest BCUT2D eigenvalue weighted by Gasteiger charge is -2.07. The summed E-state index contributed by atoms with van der Waals surface area (Å²) in [6, 6.07) is 8.37. The predicted octanol–water partition coefficient (Wildman–Crippen LogP) is 1.72. The van der Waals surface area contributed by atoms with Gasteiger partial charge >= 0.3 is 0 Å². The molecule has 0 aliphatic heterocycles. The van der Waals surface area contributed by atoms with Gasteiger partial charge < -0.3 is 10.5 Å². The van der Waals surface area contributed by atoms with Gasteiger partial charge in [0.25, 0.3) is 0 Å². The molecule has 1 aromatic heterocycles. The molecule has 5 heteroatoms. The minimum Gasteiger partial charge on any atom is -0.481 e. The van der Waals surface area contributed by atoms with Crippen LogP contribution in [0.1, 0.15) is 17.1 Å². The van der Waals surface area contributed by atoms with Gasteiger partial charge in [-0.25, -0.2) is 9.37 Å². The monoisotopic (exact) mass is 261 g/mol. The summed E-state index contributed by atoms with van der Waals surface area (Å²) in [7, 11) is 1.54. The molecule has 0 atom stereocenters. The van der Waals surface area contributed by atoms with Crippen molar-refractivity contribution in [1.29, 1.82) is 0 Å². The molecule has 0 aliphatic rings. The highest BCUT2D eigenvalue weighted by molar-refractivity contribution is 5.26. The Morgan fingerprint density at radius 1 is 1.26 bits per heavy atom. The first-order valence-corrected chi connectivity index (χ1v) is 6.07. The van der Waals surface area contributed by atoms with Crippen LogP contribution in [0.15, 0.2) is 30.3 Å². The van der Waals surface area contributed by atoms with Gasteiger partial charge in [-0.05, 0) is 18.2 Å². The van der Waals surface area contributed by atoms with Gasteiger partial charge in [0, 0.05) is 18.9 Å². The number of hydrogen-bond acceptors (Lipinski definition) is 4. The Morgan fingerprint density at radius 2 is 2.05 bits per heavy atom. The number of nitrogens with two attached hydrogens (primary N) is 1. The Bertz CT molecular complexity index is 560. The van der Waals surface area contributed by atoms with Crippen molar-refractivity contribution in [2.24, 2.45) is 5.73 Å². The van der Waals surface area contributed by atoms with Crippen LogP contribution < -0.4 is 10.5 Å². The van der Waals surface area contributed by atoms with Crippen molar-refractivity contribution in [1.82, 2.24) is 9.97 Å². The topological polar surface area (TPSA) is 61.0 Å². The maximum Gasteiger partial charge on any atom is 0.216 e. The lowest BCUT2D eigenvalue weighted by molar-refractivity contribution is 0.394. The van der Waals surface area contributed by atoms with Crippen LogP contribution in [0.25, 0.3) is 0 Å². The third-order valence-corrected chi connectivity index (χ3v) is 2.71. The van der Waals surface area contributed by atoms with E-state index in [4.69, 9.17) is 10.5 Å². The van der Waals surface area contributed by atoms with E-state index in [1.165, 1.54) is 6.07 Å². The molecule has 0 amide bonds. The lowest BCUT2D eigenvalue weighted by Crippen LogP contribution is -2.09. The van der Waals surface area contributed by atoms with E-state index >= 15 is 0 Å². The van der Waals surface area contributed by atoms with E-state index in [-0.39, 0.29) is 5.82 Å². The SMILES string of the molecule is COc1cc(Cc2ccccc2F)nc(CCN)n1. The van der Waals surface area contributed by atoms with Crippen LogP contribution >= 0.6 is 0 Å². The zero-order valence-corrected chi connectivity index (χ0v) is 10.8. The Balaban J connectivity index is 2.29. The van der Waals surface area contributed by atoms with E-state index in [1.54, 1.807) is 31.4 Å². The molecule has 0 saturated heterocycles. The number of halogens is 1. The Labute approximate surface area is 111 Å². The van der Waals surface area contributed by atoms with Crippen LogP contribution in [-0.2, 0) is 12.8 Å². The summed E-state index contributed by atoms with van der Waals surface area (Å²) in [6.45, 7) is 0.465. The number of hydrogen-bond donors (Lipinski definition) is 1.